The molecule has 1 aliphatic rings. The molecule has 1 saturated heterocycles. The van der Waals surface area contributed by atoms with Gasteiger partial charge >= 0.3 is 0 Å². The van der Waals surface area contributed by atoms with Gasteiger partial charge in [-0.2, -0.15) is 0 Å². The van der Waals surface area contributed by atoms with E-state index < -0.39 is 12.4 Å². The molecule has 0 saturated carbocycles. The van der Waals surface area contributed by atoms with Crippen molar-refractivity contribution >= 4 is 0 Å². The van der Waals surface area contributed by atoms with Crippen molar-refractivity contribution in [3.63, 3.8) is 0 Å². The first-order valence-electron chi connectivity index (χ1n) is 4.74. The monoisotopic (exact) mass is 189 g/mol. The number of rotatable bonds is 3. The molecule has 1 N–H and O–H groups in total. The summed E-state index contributed by atoms with van der Waals surface area (Å²) in [5.74, 6) is 0. The first kappa shape index (κ1) is 10.9. The molecule has 4 nitrogen and oxygen atoms in total. The molecular weight excluding hydrogens is 170 g/mol. The van der Waals surface area contributed by atoms with Crippen molar-refractivity contribution in [2.75, 3.05) is 27.3 Å². The van der Waals surface area contributed by atoms with E-state index in [2.05, 4.69) is 0 Å². The van der Waals surface area contributed by atoms with Crippen molar-refractivity contribution < 1.29 is 14.6 Å². The fraction of sp³-hybridized carbons (Fsp3) is 1.00. The average molecular weight is 189 g/mol. The van der Waals surface area contributed by atoms with Crippen LogP contribution in [0, 0.1) is 0 Å². The number of hydrogen-bond donors (Lipinski definition) is 1. The molecule has 1 heterocycles. The van der Waals surface area contributed by atoms with Crippen molar-refractivity contribution in [1.82, 2.24) is 4.90 Å². The summed E-state index contributed by atoms with van der Waals surface area (Å²) in [5.41, 5.74) is 0. The first-order chi connectivity index (χ1) is 6.16. The van der Waals surface area contributed by atoms with Crippen molar-refractivity contribution in [3.05, 3.63) is 0 Å². The number of aliphatic hydroxyl groups is 1. The van der Waals surface area contributed by atoms with Crippen LogP contribution in [0.2, 0.25) is 0 Å². The number of likely N-dealkylation sites (N-methyl/N-ethyl adjacent to an activating group) is 1. The Morgan fingerprint density at radius 3 is 2.77 bits per heavy atom. The molecule has 13 heavy (non-hydrogen) atoms. The van der Waals surface area contributed by atoms with E-state index in [0.717, 1.165) is 6.42 Å². The number of ether oxygens (including phenoxy) is 2. The average Bonchev–Trinajstić information content (AvgIpc) is 2.08. The predicted octanol–water partition coefficient (Wildman–Crippen LogP) is 0.0604. The SMILES string of the molecule is CCOC1OCCC(N(C)C)C1O. The van der Waals surface area contributed by atoms with Gasteiger partial charge in [-0.05, 0) is 27.4 Å². The Bertz CT molecular complexity index is 150. The second kappa shape index (κ2) is 4.91. The lowest BCUT2D eigenvalue weighted by Gasteiger charge is -2.37. The van der Waals surface area contributed by atoms with Crippen molar-refractivity contribution in [3.8, 4) is 0 Å². The zero-order chi connectivity index (χ0) is 9.84. The van der Waals surface area contributed by atoms with E-state index >= 15 is 0 Å². The molecule has 1 fully saturated rings. The number of aliphatic hydroxyl groups excluding tert-OH is 1. The Morgan fingerprint density at radius 2 is 2.23 bits per heavy atom. The van der Waals surface area contributed by atoms with Crippen LogP contribution >= 0.6 is 0 Å². The van der Waals surface area contributed by atoms with Gasteiger partial charge in [0.05, 0.1) is 6.61 Å². The topological polar surface area (TPSA) is 41.9 Å². The van der Waals surface area contributed by atoms with E-state index in [0.29, 0.717) is 13.2 Å². The summed E-state index contributed by atoms with van der Waals surface area (Å²) in [6.45, 7) is 3.13. The van der Waals surface area contributed by atoms with Gasteiger partial charge in [0.2, 0.25) is 0 Å². The highest BCUT2D eigenvalue weighted by Crippen LogP contribution is 2.18. The van der Waals surface area contributed by atoms with Crippen LogP contribution < -0.4 is 0 Å². The van der Waals surface area contributed by atoms with Gasteiger partial charge in [-0.3, -0.25) is 0 Å². The molecule has 0 aromatic rings. The molecule has 78 valence electrons. The van der Waals surface area contributed by atoms with Crippen LogP contribution in [0.1, 0.15) is 13.3 Å². The zero-order valence-electron chi connectivity index (χ0n) is 8.56. The smallest absolute Gasteiger partial charge is 0.184 e. The van der Waals surface area contributed by atoms with Gasteiger partial charge < -0.3 is 19.5 Å². The first-order valence-corrected chi connectivity index (χ1v) is 4.74. The van der Waals surface area contributed by atoms with Gasteiger partial charge in [-0.25, -0.2) is 0 Å². The van der Waals surface area contributed by atoms with E-state index in [1.54, 1.807) is 0 Å². The Morgan fingerprint density at radius 1 is 1.54 bits per heavy atom. The maximum absolute atomic E-state index is 9.84. The lowest BCUT2D eigenvalue weighted by Crippen LogP contribution is -2.51. The van der Waals surface area contributed by atoms with Crippen LogP contribution in [0.4, 0.5) is 0 Å². The van der Waals surface area contributed by atoms with Gasteiger partial charge in [0.1, 0.15) is 6.10 Å². The highest BCUT2D eigenvalue weighted by atomic mass is 16.7. The minimum Gasteiger partial charge on any atom is -0.386 e. The maximum atomic E-state index is 9.84. The fourth-order valence-corrected chi connectivity index (χ4v) is 1.63. The van der Waals surface area contributed by atoms with Gasteiger partial charge in [0, 0.05) is 12.6 Å². The van der Waals surface area contributed by atoms with E-state index in [1.165, 1.54) is 0 Å². The van der Waals surface area contributed by atoms with E-state index in [4.69, 9.17) is 9.47 Å². The quantitative estimate of drug-likeness (QED) is 0.681. The van der Waals surface area contributed by atoms with Gasteiger partial charge in [0.25, 0.3) is 0 Å². The van der Waals surface area contributed by atoms with Crippen LogP contribution in [-0.4, -0.2) is 55.8 Å². The summed E-state index contributed by atoms with van der Waals surface area (Å²) in [4.78, 5) is 2.01. The summed E-state index contributed by atoms with van der Waals surface area (Å²) < 4.78 is 10.6. The van der Waals surface area contributed by atoms with Gasteiger partial charge in [-0.1, -0.05) is 0 Å². The minimum absolute atomic E-state index is 0.144. The standard InChI is InChI=1S/C9H19NO3/c1-4-12-9-8(11)7(10(2)3)5-6-13-9/h7-9,11H,4-6H2,1-3H3. The summed E-state index contributed by atoms with van der Waals surface area (Å²) in [6.07, 6.45) is -0.132. The highest BCUT2D eigenvalue weighted by Gasteiger charge is 2.34. The lowest BCUT2D eigenvalue weighted by molar-refractivity contribution is -0.229. The molecule has 1 rings (SSSR count). The predicted molar refractivity (Wildman–Crippen MR) is 49.5 cm³/mol. The molecule has 0 bridgehead atoms. The van der Waals surface area contributed by atoms with Crippen LogP contribution in [0.15, 0.2) is 0 Å². The summed E-state index contributed by atoms with van der Waals surface area (Å²) in [7, 11) is 3.92. The van der Waals surface area contributed by atoms with Crippen LogP contribution in [0.25, 0.3) is 0 Å². The molecule has 0 amide bonds. The molecule has 0 spiro atoms. The summed E-state index contributed by atoms with van der Waals surface area (Å²) >= 11 is 0. The molecule has 0 aliphatic carbocycles. The van der Waals surface area contributed by atoms with Crippen LogP contribution in [-0.2, 0) is 9.47 Å². The molecular formula is C9H19NO3. The highest BCUT2D eigenvalue weighted by molar-refractivity contribution is 4.81. The number of hydrogen-bond acceptors (Lipinski definition) is 4. The third kappa shape index (κ3) is 2.64. The van der Waals surface area contributed by atoms with Gasteiger partial charge in [0.15, 0.2) is 6.29 Å². The third-order valence-corrected chi connectivity index (χ3v) is 2.36. The normalized spacial score (nSPS) is 35.3. The van der Waals surface area contributed by atoms with E-state index in [9.17, 15) is 5.11 Å². The van der Waals surface area contributed by atoms with E-state index in [1.807, 2.05) is 25.9 Å². The van der Waals surface area contributed by atoms with Crippen molar-refractivity contribution in [1.29, 1.82) is 0 Å². The van der Waals surface area contributed by atoms with Gasteiger partial charge in [-0.15, -0.1) is 0 Å². The lowest BCUT2D eigenvalue weighted by atomic mass is 10.0. The molecule has 1 aliphatic heterocycles. The molecule has 0 aromatic carbocycles. The third-order valence-electron chi connectivity index (χ3n) is 2.36. The second-order valence-electron chi connectivity index (χ2n) is 3.50. The minimum atomic E-state index is -0.538. The molecule has 3 atom stereocenters. The zero-order valence-corrected chi connectivity index (χ0v) is 8.56. The number of nitrogens with zero attached hydrogens (tertiary/aromatic N) is 1. The van der Waals surface area contributed by atoms with Crippen LogP contribution in [0.3, 0.4) is 0 Å². The molecule has 0 aromatic heterocycles. The fourth-order valence-electron chi connectivity index (χ4n) is 1.63. The molecule has 3 unspecified atom stereocenters. The largest absolute Gasteiger partial charge is 0.386 e. The molecule has 0 radical (unpaired) electrons. The van der Waals surface area contributed by atoms with Crippen molar-refractivity contribution in [2.24, 2.45) is 0 Å². The van der Waals surface area contributed by atoms with E-state index in [-0.39, 0.29) is 6.04 Å². The summed E-state index contributed by atoms with van der Waals surface area (Å²) in [6, 6.07) is 0.144. The Labute approximate surface area is 79.4 Å². The Hall–Kier alpha value is -0.160. The summed E-state index contributed by atoms with van der Waals surface area (Å²) in [5, 5.41) is 9.84. The van der Waals surface area contributed by atoms with Crippen LogP contribution in [0.5, 0.6) is 0 Å². The molecule has 4 heteroatoms. The van der Waals surface area contributed by atoms with Crippen molar-refractivity contribution in [2.45, 2.75) is 31.8 Å². The maximum Gasteiger partial charge on any atom is 0.184 e. The second-order valence-corrected chi connectivity index (χ2v) is 3.50. The Balaban J connectivity index is 2.49. The Kier molecular flexibility index (Phi) is 4.12.